The smallest absolute Gasteiger partial charge is 0.374 e. The Bertz CT molecular complexity index is 1150. The second kappa shape index (κ2) is 7.44. The summed E-state index contributed by atoms with van der Waals surface area (Å²) in [7, 11) is -2.05. The molecule has 1 fully saturated rings. The average Bonchev–Trinajstić information content (AvgIpc) is 3.36. The van der Waals surface area contributed by atoms with Crippen molar-refractivity contribution in [2.24, 2.45) is 7.05 Å². The van der Waals surface area contributed by atoms with Gasteiger partial charge in [-0.2, -0.15) is 9.40 Å². The highest BCUT2D eigenvalue weighted by Gasteiger charge is 2.32. The minimum Gasteiger partial charge on any atom is -0.460 e. The first-order valence-corrected chi connectivity index (χ1v) is 10.5. The molecule has 12 heteroatoms. The number of furan rings is 1. The zero-order valence-electron chi connectivity index (χ0n) is 16.0. The third-order valence-electron chi connectivity index (χ3n) is 4.70. The Kier molecular flexibility index (Phi) is 4.96. The van der Waals surface area contributed by atoms with Gasteiger partial charge in [-0.1, -0.05) is 0 Å². The molecule has 0 unspecified atom stereocenters. The maximum absolute atomic E-state index is 12.9. The molecular formula is C17H20N6O5S. The van der Waals surface area contributed by atoms with Gasteiger partial charge < -0.3 is 14.1 Å². The van der Waals surface area contributed by atoms with Crippen LogP contribution in [0.2, 0.25) is 0 Å². The maximum Gasteiger partial charge on any atom is 0.374 e. The lowest BCUT2D eigenvalue weighted by Crippen LogP contribution is -2.48. The highest BCUT2D eigenvalue weighted by Crippen LogP contribution is 2.25. The third-order valence-corrected chi connectivity index (χ3v) is 6.47. The topological polar surface area (TPSA) is 124 Å². The van der Waals surface area contributed by atoms with Crippen molar-refractivity contribution in [3.8, 4) is 0 Å². The number of anilines is 1. The third kappa shape index (κ3) is 3.44. The van der Waals surface area contributed by atoms with Crippen molar-refractivity contribution >= 4 is 32.8 Å². The highest BCUT2D eigenvalue weighted by molar-refractivity contribution is 7.89. The van der Waals surface area contributed by atoms with E-state index in [1.807, 2.05) is 4.90 Å². The van der Waals surface area contributed by atoms with E-state index in [0.29, 0.717) is 18.7 Å². The van der Waals surface area contributed by atoms with Crippen LogP contribution >= 0.6 is 0 Å². The molecule has 11 nitrogen and oxygen atoms in total. The molecular weight excluding hydrogens is 400 g/mol. The number of carbonyl (C=O) groups is 1. The Morgan fingerprint density at radius 3 is 2.69 bits per heavy atom. The molecule has 0 aliphatic carbocycles. The lowest BCUT2D eigenvalue weighted by molar-refractivity contribution is 0.0483. The molecule has 154 valence electrons. The Morgan fingerprint density at radius 1 is 1.21 bits per heavy atom. The minimum absolute atomic E-state index is 0.135. The number of aryl methyl sites for hydroxylation is 1. The SMILES string of the molecule is CCOC(=O)c1ccc(S(=O)(=O)N2CCN(c3ncnc4c3cnn4C)CC2)o1. The summed E-state index contributed by atoms with van der Waals surface area (Å²) in [6.45, 7) is 3.25. The Morgan fingerprint density at radius 2 is 1.97 bits per heavy atom. The van der Waals surface area contributed by atoms with Gasteiger partial charge in [0.15, 0.2) is 5.65 Å². The first kappa shape index (κ1) is 19.3. The van der Waals surface area contributed by atoms with E-state index in [-0.39, 0.29) is 30.5 Å². The van der Waals surface area contributed by atoms with Crippen LogP contribution in [0.5, 0.6) is 0 Å². The van der Waals surface area contributed by atoms with E-state index in [0.717, 1.165) is 11.2 Å². The van der Waals surface area contributed by atoms with E-state index in [4.69, 9.17) is 9.15 Å². The summed E-state index contributed by atoms with van der Waals surface area (Å²) in [6.07, 6.45) is 3.18. The van der Waals surface area contributed by atoms with Crippen LogP contribution in [-0.2, 0) is 21.8 Å². The minimum atomic E-state index is -3.85. The van der Waals surface area contributed by atoms with Crippen molar-refractivity contribution in [3.63, 3.8) is 0 Å². The zero-order valence-corrected chi connectivity index (χ0v) is 16.8. The number of fused-ring (bicyclic) bond motifs is 1. The Balaban J connectivity index is 1.49. The van der Waals surface area contributed by atoms with Crippen LogP contribution in [0.15, 0.2) is 34.2 Å². The summed E-state index contributed by atoms with van der Waals surface area (Å²) in [5.74, 6) is -0.102. The van der Waals surface area contributed by atoms with Crippen LogP contribution in [0.1, 0.15) is 17.5 Å². The first-order valence-electron chi connectivity index (χ1n) is 9.06. The summed E-state index contributed by atoms with van der Waals surface area (Å²) >= 11 is 0. The second-order valence-electron chi connectivity index (χ2n) is 6.43. The van der Waals surface area contributed by atoms with Crippen LogP contribution in [0.3, 0.4) is 0 Å². The van der Waals surface area contributed by atoms with Gasteiger partial charge in [-0.3, -0.25) is 4.68 Å². The van der Waals surface area contributed by atoms with Crippen molar-refractivity contribution < 1.29 is 22.4 Å². The predicted molar refractivity (Wildman–Crippen MR) is 102 cm³/mol. The van der Waals surface area contributed by atoms with E-state index < -0.39 is 16.0 Å². The van der Waals surface area contributed by atoms with Crippen molar-refractivity contribution in [3.05, 3.63) is 30.4 Å². The first-order chi connectivity index (χ1) is 13.9. The van der Waals surface area contributed by atoms with Crippen LogP contribution in [0.4, 0.5) is 5.82 Å². The van der Waals surface area contributed by atoms with Gasteiger partial charge in [0.2, 0.25) is 10.9 Å². The van der Waals surface area contributed by atoms with E-state index in [1.54, 1.807) is 24.9 Å². The Hall–Kier alpha value is -2.99. The van der Waals surface area contributed by atoms with Gasteiger partial charge in [0, 0.05) is 33.2 Å². The number of aromatic nitrogens is 4. The number of ether oxygens (including phenoxy) is 1. The second-order valence-corrected chi connectivity index (χ2v) is 8.30. The molecule has 0 saturated carbocycles. The van der Waals surface area contributed by atoms with Gasteiger partial charge in [-0.15, -0.1) is 0 Å². The number of piperazine rings is 1. The van der Waals surface area contributed by atoms with E-state index >= 15 is 0 Å². The van der Waals surface area contributed by atoms with E-state index in [2.05, 4.69) is 15.1 Å². The predicted octanol–water partition coefficient (Wildman–Crippen LogP) is 0.644. The molecule has 29 heavy (non-hydrogen) atoms. The van der Waals surface area contributed by atoms with Crippen molar-refractivity contribution in [1.82, 2.24) is 24.1 Å². The van der Waals surface area contributed by atoms with Crippen LogP contribution in [0, 0.1) is 0 Å². The van der Waals surface area contributed by atoms with Crippen molar-refractivity contribution in [2.45, 2.75) is 12.0 Å². The lowest BCUT2D eigenvalue weighted by Gasteiger charge is -2.34. The average molecular weight is 420 g/mol. The van der Waals surface area contributed by atoms with Crippen molar-refractivity contribution in [2.75, 3.05) is 37.7 Å². The zero-order chi connectivity index (χ0) is 20.6. The molecule has 0 amide bonds. The van der Waals surface area contributed by atoms with E-state index in [9.17, 15) is 13.2 Å². The van der Waals surface area contributed by atoms with Crippen LogP contribution < -0.4 is 4.90 Å². The monoisotopic (exact) mass is 420 g/mol. The summed E-state index contributed by atoms with van der Waals surface area (Å²) < 4.78 is 38.8. The number of hydrogen-bond donors (Lipinski definition) is 0. The number of nitrogens with zero attached hydrogens (tertiary/aromatic N) is 6. The molecule has 1 aliphatic rings. The number of rotatable bonds is 5. The van der Waals surface area contributed by atoms with E-state index in [1.165, 1.54) is 22.8 Å². The Labute approximate surface area is 166 Å². The molecule has 0 N–H and O–H groups in total. The molecule has 0 aromatic carbocycles. The number of sulfonamides is 1. The highest BCUT2D eigenvalue weighted by atomic mass is 32.2. The molecule has 4 rings (SSSR count). The quantitative estimate of drug-likeness (QED) is 0.547. The molecule has 1 saturated heterocycles. The number of esters is 1. The summed E-state index contributed by atoms with van der Waals surface area (Å²) in [6, 6.07) is 2.58. The normalized spacial score (nSPS) is 15.7. The van der Waals surface area contributed by atoms with Gasteiger partial charge in [-0.25, -0.2) is 23.2 Å². The maximum atomic E-state index is 12.9. The summed E-state index contributed by atoms with van der Waals surface area (Å²) in [4.78, 5) is 22.3. The largest absolute Gasteiger partial charge is 0.460 e. The van der Waals surface area contributed by atoms with Crippen molar-refractivity contribution in [1.29, 1.82) is 0 Å². The molecule has 3 aromatic heterocycles. The fourth-order valence-electron chi connectivity index (χ4n) is 3.24. The number of carbonyl (C=O) groups excluding carboxylic acids is 1. The van der Waals surface area contributed by atoms with Crippen LogP contribution in [-0.4, -0.2) is 71.2 Å². The van der Waals surface area contributed by atoms with Gasteiger partial charge in [0.1, 0.15) is 12.1 Å². The molecule has 0 spiro atoms. The molecule has 0 bridgehead atoms. The van der Waals surface area contributed by atoms with Crippen LogP contribution in [0.25, 0.3) is 11.0 Å². The molecule has 0 radical (unpaired) electrons. The van der Waals surface area contributed by atoms with Gasteiger partial charge in [-0.05, 0) is 19.1 Å². The molecule has 4 heterocycles. The fourth-order valence-corrected chi connectivity index (χ4v) is 4.57. The van der Waals surface area contributed by atoms with Gasteiger partial charge >= 0.3 is 5.97 Å². The molecule has 0 atom stereocenters. The summed E-state index contributed by atoms with van der Waals surface area (Å²) in [5.41, 5.74) is 0.715. The molecule has 1 aliphatic heterocycles. The number of hydrogen-bond acceptors (Lipinski definition) is 9. The van der Waals surface area contributed by atoms with Gasteiger partial charge in [0.25, 0.3) is 10.0 Å². The molecule has 3 aromatic rings. The standard InChI is InChI=1S/C17H20N6O5S/c1-3-27-17(24)13-4-5-14(28-13)29(25,26)23-8-6-22(7-9-23)16-12-10-20-21(2)15(12)18-11-19-16/h4-5,10-11H,3,6-9H2,1-2H3. The summed E-state index contributed by atoms with van der Waals surface area (Å²) in [5, 5.41) is 4.75. The van der Waals surface area contributed by atoms with Gasteiger partial charge in [0.05, 0.1) is 18.2 Å². The fraction of sp³-hybridized carbons (Fsp3) is 0.412. The lowest BCUT2D eigenvalue weighted by atomic mass is 10.3.